The van der Waals surface area contributed by atoms with Crippen molar-refractivity contribution >= 4 is 23.5 Å². The van der Waals surface area contributed by atoms with Gasteiger partial charge in [-0.2, -0.15) is 5.10 Å². The first-order valence-corrected chi connectivity index (χ1v) is 6.51. The number of halogens is 2. The van der Waals surface area contributed by atoms with E-state index >= 15 is 0 Å². The summed E-state index contributed by atoms with van der Waals surface area (Å²) >= 11 is 4.57. The number of rotatable bonds is 6. The van der Waals surface area contributed by atoms with Crippen LogP contribution in [0, 0.1) is 17.6 Å². The topological polar surface area (TPSA) is 59.6 Å². The minimum Gasteiger partial charge on any atom is -0.490 e. The van der Waals surface area contributed by atoms with Crippen molar-refractivity contribution in [1.82, 2.24) is 5.43 Å². The highest BCUT2D eigenvalue weighted by Crippen LogP contribution is 2.23. The highest BCUT2D eigenvalue weighted by atomic mass is 32.1. The number of nitrogens with one attached hydrogen (secondary N) is 1. The summed E-state index contributed by atoms with van der Waals surface area (Å²) in [6.45, 7) is 4.39. The Morgan fingerprint density at radius 1 is 1.50 bits per heavy atom. The summed E-state index contributed by atoms with van der Waals surface area (Å²) in [5, 5.41) is 3.63. The normalized spacial score (nSPS) is 11.1. The molecule has 0 bridgehead atoms. The van der Waals surface area contributed by atoms with Crippen molar-refractivity contribution < 1.29 is 13.5 Å². The van der Waals surface area contributed by atoms with Crippen LogP contribution in [0.25, 0.3) is 0 Å². The number of thiocarbonyl (C=S) groups is 1. The fourth-order valence-corrected chi connectivity index (χ4v) is 1.44. The third-order valence-corrected chi connectivity index (χ3v) is 2.45. The number of nitrogens with zero attached hydrogens (tertiary/aromatic N) is 1. The molecule has 0 saturated heterocycles. The van der Waals surface area contributed by atoms with Crippen LogP contribution in [0.2, 0.25) is 0 Å². The van der Waals surface area contributed by atoms with E-state index in [-0.39, 0.29) is 16.4 Å². The number of hydrazone groups is 1. The number of hydrogen-bond acceptors (Lipinski definition) is 3. The third kappa shape index (κ3) is 5.48. The Morgan fingerprint density at radius 2 is 2.20 bits per heavy atom. The highest BCUT2D eigenvalue weighted by Gasteiger charge is 2.12. The Labute approximate surface area is 122 Å². The smallest absolute Gasteiger partial charge is 0.184 e. The standard InChI is InChI=1S/C13H17F2N3OS/c1-8(2)3-4-19-12-9(7-17-18-13(16)20)5-10(14)6-11(12)15/h5-8H,3-4H2,1-2H3,(H3,16,18,20). The first-order chi connectivity index (χ1) is 9.40. The molecule has 20 heavy (non-hydrogen) atoms. The summed E-state index contributed by atoms with van der Waals surface area (Å²) in [5.41, 5.74) is 7.68. The van der Waals surface area contributed by atoms with Crippen LogP contribution in [0.1, 0.15) is 25.8 Å². The van der Waals surface area contributed by atoms with Gasteiger partial charge in [-0.05, 0) is 30.6 Å². The molecule has 1 aromatic rings. The van der Waals surface area contributed by atoms with E-state index < -0.39 is 11.6 Å². The third-order valence-electron chi connectivity index (χ3n) is 2.36. The van der Waals surface area contributed by atoms with Gasteiger partial charge in [0.25, 0.3) is 0 Å². The van der Waals surface area contributed by atoms with E-state index in [1.54, 1.807) is 0 Å². The van der Waals surface area contributed by atoms with Crippen molar-refractivity contribution in [1.29, 1.82) is 0 Å². The van der Waals surface area contributed by atoms with Gasteiger partial charge < -0.3 is 10.5 Å². The van der Waals surface area contributed by atoms with Crippen LogP contribution in [0.4, 0.5) is 8.78 Å². The lowest BCUT2D eigenvalue weighted by atomic mass is 10.1. The molecule has 0 saturated carbocycles. The van der Waals surface area contributed by atoms with Gasteiger partial charge in [0.1, 0.15) is 5.82 Å². The maximum atomic E-state index is 13.7. The largest absolute Gasteiger partial charge is 0.490 e. The molecule has 1 rings (SSSR count). The molecule has 0 atom stereocenters. The fraction of sp³-hybridized carbons (Fsp3) is 0.385. The Bertz CT molecular complexity index is 507. The van der Waals surface area contributed by atoms with Crippen LogP contribution < -0.4 is 15.9 Å². The van der Waals surface area contributed by atoms with Gasteiger partial charge >= 0.3 is 0 Å². The molecular formula is C13H17F2N3OS. The minimum absolute atomic E-state index is 0.0412. The maximum Gasteiger partial charge on any atom is 0.184 e. The lowest BCUT2D eigenvalue weighted by Crippen LogP contribution is -2.24. The van der Waals surface area contributed by atoms with E-state index in [0.29, 0.717) is 12.5 Å². The van der Waals surface area contributed by atoms with Crippen molar-refractivity contribution in [2.24, 2.45) is 16.8 Å². The first kappa shape index (κ1) is 16.3. The average molecular weight is 301 g/mol. The van der Waals surface area contributed by atoms with Gasteiger partial charge in [-0.1, -0.05) is 13.8 Å². The van der Waals surface area contributed by atoms with Gasteiger partial charge in [0.2, 0.25) is 0 Å². The second-order valence-corrected chi connectivity index (χ2v) is 5.01. The molecule has 1 aromatic carbocycles. The van der Waals surface area contributed by atoms with Gasteiger partial charge in [-0.3, -0.25) is 5.43 Å². The second kappa shape index (κ2) is 7.74. The van der Waals surface area contributed by atoms with Gasteiger partial charge in [0.15, 0.2) is 16.7 Å². The number of nitrogens with two attached hydrogens (primary N) is 1. The summed E-state index contributed by atoms with van der Waals surface area (Å²) in [6.07, 6.45) is 1.97. The Morgan fingerprint density at radius 3 is 2.80 bits per heavy atom. The van der Waals surface area contributed by atoms with Crippen molar-refractivity contribution in [3.63, 3.8) is 0 Å². The zero-order chi connectivity index (χ0) is 15.1. The zero-order valence-electron chi connectivity index (χ0n) is 11.3. The average Bonchev–Trinajstić information content (AvgIpc) is 2.31. The minimum atomic E-state index is -0.773. The lowest BCUT2D eigenvalue weighted by Gasteiger charge is -2.11. The molecule has 7 heteroatoms. The molecule has 0 aliphatic carbocycles. The molecule has 0 spiro atoms. The Kier molecular flexibility index (Phi) is 6.30. The molecular weight excluding hydrogens is 284 g/mol. The van der Waals surface area contributed by atoms with Crippen molar-refractivity contribution in [2.45, 2.75) is 20.3 Å². The molecule has 0 fully saturated rings. The number of ether oxygens (including phenoxy) is 1. The van der Waals surface area contributed by atoms with E-state index in [2.05, 4.69) is 22.7 Å². The molecule has 0 radical (unpaired) electrons. The molecule has 0 amide bonds. The van der Waals surface area contributed by atoms with E-state index in [1.165, 1.54) is 6.21 Å². The molecule has 0 unspecified atom stereocenters. The van der Waals surface area contributed by atoms with Gasteiger partial charge in [0, 0.05) is 11.6 Å². The number of benzene rings is 1. The van der Waals surface area contributed by atoms with Crippen LogP contribution in [-0.4, -0.2) is 17.9 Å². The van der Waals surface area contributed by atoms with Crippen molar-refractivity contribution in [3.05, 3.63) is 29.3 Å². The van der Waals surface area contributed by atoms with Gasteiger partial charge in [0.05, 0.1) is 12.8 Å². The van der Waals surface area contributed by atoms with Crippen LogP contribution in [0.5, 0.6) is 5.75 Å². The molecule has 0 aliphatic rings. The molecule has 0 heterocycles. The molecule has 0 aromatic heterocycles. The molecule has 110 valence electrons. The van der Waals surface area contributed by atoms with E-state index in [4.69, 9.17) is 10.5 Å². The molecule has 0 aliphatic heterocycles. The van der Waals surface area contributed by atoms with Crippen molar-refractivity contribution in [3.8, 4) is 5.75 Å². The quantitative estimate of drug-likeness (QED) is 0.481. The van der Waals surface area contributed by atoms with E-state index in [1.807, 2.05) is 13.8 Å². The molecule has 3 N–H and O–H groups in total. The second-order valence-electron chi connectivity index (χ2n) is 4.57. The highest BCUT2D eigenvalue weighted by molar-refractivity contribution is 7.80. The van der Waals surface area contributed by atoms with Crippen LogP contribution in [-0.2, 0) is 0 Å². The Balaban J connectivity index is 2.89. The summed E-state index contributed by atoms with van der Waals surface area (Å²) in [6, 6.07) is 1.89. The number of hydrogen-bond donors (Lipinski definition) is 2. The summed E-state index contributed by atoms with van der Waals surface area (Å²) in [4.78, 5) is 0. The van der Waals surface area contributed by atoms with Crippen LogP contribution in [0.15, 0.2) is 17.2 Å². The zero-order valence-corrected chi connectivity index (χ0v) is 12.1. The van der Waals surface area contributed by atoms with E-state index in [0.717, 1.165) is 18.6 Å². The predicted molar refractivity (Wildman–Crippen MR) is 78.8 cm³/mol. The predicted octanol–water partition coefficient (Wildman–Crippen LogP) is 2.56. The monoisotopic (exact) mass is 301 g/mol. The van der Waals surface area contributed by atoms with Crippen LogP contribution in [0.3, 0.4) is 0 Å². The van der Waals surface area contributed by atoms with Gasteiger partial charge in [-0.25, -0.2) is 8.78 Å². The SMILES string of the molecule is CC(C)CCOc1c(F)cc(F)cc1C=NNC(N)=S. The Hall–Kier alpha value is -1.76. The van der Waals surface area contributed by atoms with Crippen molar-refractivity contribution in [2.75, 3.05) is 6.61 Å². The summed E-state index contributed by atoms with van der Waals surface area (Å²) in [7, 11) is 0. The lowest BCUT2D eigenvalue weighted by molar-refractivity contribution is 0.275. The fourth-order valence-electron chi connectivity index (χ4n) is 1.39. The van der Waals surface area contributed by atoms with Crippen LogP contribution >= 0.6 is 12.2 Å². The summed E-state index contributed by atoms with van der Waals surface area (Å²) in [5.74, 6) is -1.10. The maximum absolute atomic E-state index is 13.7. The van der Waals surface area contributed by atoms with E-state index in [9.17, 15) is 8.78 Å². The summed E-state index contributed by atoms with van der Waals surface area (Å²) < 4.78 is 32.3. The first-order valence-electron chi connectivity index (χ1n) is 6.10. The molecule has 4 nitrogen and oxygen atoms in total. The van der Waals surface area contributed by atoms with Gasteiger partial charge in [-0.15, -0.1) is 0 Å².